The summed E-state index contributed by atoms with van der Waals surface area (Å²) in [7, 11) is 0. The maximum absolute atomic E-state index is 11.9. The van der Waals surface area contributed by atoms with Crippen molar-refractivity contribution in [2.24, 2.45) is 5.92 Å². The molecule has 32 heavy (non-hydrogen) atoms. The summed E-state index contributed by atoms with van der Waals surface area (Å²) in [6.07, 6.45) is 16.2. The Morgan fingerprint density at radius 1 is 0.750 bits per heavy atom. The van der Waals surface area contributed by atoms with Gasteiger partial charge in [-0.05, 0) is 78.2 Å². The van der Waals surface area contributed by atoms with Gasteiger partial charge in [0.25, 0.3) is 0 Å². The normalized spacial score (nSPS) is 12.9. The van der Waals surface area contributed by atoms with Crippen LogP contribution in [-0.2, 0) is 19.1 Å². The SMILES string of the molecule is CCCCC(CC)COC(=O)CCCC(=O)OC/C=C(\C)CC/C=C(\C)CCC=C(C)C. The first-order chi connectivity index (χ1) is 15.3. The molecule has 0 aromatic heterocycles. The van der Waals surface area contributed by atoms with Crippen molar-refractivity contribution in [3.63, 3.8) is 0 Å². The van der Waals surface area contributed by atoms with E-state index in [9.17, 15) is 9.59 Å². The number of hydrogen-bond acceptors (Lipinski definition) is 4. The first kappa shape index (κ1) is 30.2. The molecule has 0 aliphatic rings. The maximum atomic E-state index is 11.9. The Bertz CT molecular complexity index is 609. The van der Waals surface area contributed by atoms with Crippen LogP contribution >= 0.6 is 0 Å². The highest BCUT2D eigenvalue weighted by Crippen LogP contribution is 2.14. The van der Waals surface area contributed by atoms with Gasteiger partial charge >= 0.3 is 11.9 Å². The molecule has 0 aliphatic carbocycles. The fraction of sp³-hybridized carbons (Fsp3) is 0.714. The van der Waals surface area contributed by atoms with Crippen LogP contribution < -0.4 is 0 Å². The van der Waals surface area contributed by atoms with Crippen LogP contribution in [0, 0.1) is 5.92 Å². The lowest BCUT2D eigenvalue weighted by Gasteiger charge is -2.14. The molecule has 0 amide bonds. The summed E-state index contributed by atoms with van der Waals surface area (Å²) in [4.78, 5) is 23.7. The van der Waals surface area contributed by atoms with Crippen LogP contribution in [0.3, 0.4) is 0 Å². The molecule has 0 radical (unpaired) electrons. The molecule has 1 unspecified atom stereocenters. The number of carbonyl (C=O) groups is 2. The summed E-state index contributed by atoms with van der Waals surface area (Å²) in [6, 6.07) is 0. The Morgan fingerprint density at radius 3 is 1.94 bits per heavy atom. The van der Waals surface area contributed by atoms with Gasteiger partial charge < -0.3 is 9.47 Å². The summed E-state index contributed by atoms with van der Waals surface area (Å²) < 4.78 is 10.6. The van der Waals surface area contributed by atoms with Crippen molar-refractivity contribution in [1.29, 1.82) is 0 Å². The van der Waals surface area contributed by atoms with E-state index >= 15 is 0 Å². The van der Waals surface area contributed by atoms with Crippen molar-refractivity contribution in [2.45, 2.75) is 112 Å². The summed E-state index contributed by atoms with van der Waals surface area (Å²) in [5, 5.41) is 0. The molecule has 0 aliphatic heterocycles. The lowest BCUT2D eigenvalue weighted by Crippen LogP contribution is -2.14. The number of ether oxygens (including phenoxy) is 2. The maximum Gasteiger partial charge on any atom is 0.306 e. The van der Waals surface area contributed by atoms with Gasteiger partial charge in [0.05, 0.1) is 6.61 Å². The van der Waals surface area contributed by atoms with Crippen molar-refractivity contribution in [3.05, 3.63) is 34.9 Å². The molecule has 0 saturated carbocycles. The zero-order chi connectivity index (χ0) is 24.2. The largest absolute Gasteiger partial charge is 0.465 e. The summed E-state index contributed by atoms with van der Waals surface area (Å²) >= 11 is 0. The highest BCUT2D eigenvalue weighted by molar-refractivity contribution is 5.72. The third kappa shape index (κ3) is 18.9. The number of unbranched alkanes of at least 4 members (excludes halogenated alkanes) is 1. The molecule has 0 fully saturated rings. The van der Waals surface area contributed by atoms with E-state index in [0.717, 1.165) is 44.9 Å². The predicted octanol–water partition coefficient (Wildman–Crippen LogP) is 7.88. The molecular weight excluding hydrogens is 400 g/mol. The minimum atomic E-state index is -0.258. The van der Waals surface area contributed by atoms with Gasteiger partial charge in [0.1, 0.15) is 6.61 Å². The minimum Gasteiger partial charge on any atom is -0.465 e. The summed E-state index contributed by atoms with van der Waals surface area (Å²) in [6.45, 7) is 13.6. The quantitative estimate of drug-likeness (QED) is 0.158. The number of rotatable bonds is 18. The van der Waals surface area contributed by atoms with Crippen LogP contribution in [0.25, 0.3) is 0 Å². The summed E-state index contributed by atoms with van der Waals surface area (Å²) in [5.74, 6) is -0.0280. The Kier molecular flexibility index (Phi) is 18.7. The number of hydrogen-bond donors (Lipinski definition) is 0. The molecule has 0 aromatic carbocycles. The van der Waals surface area contributed by atoms with Crippen LogP contribution in [0.15, 0.2) is 34.9 Å². The average molecular weight is 449 g/mol. The Balaban J connectivity index is 3.93. The molecule has 0 saturated heterocycles. The van der Waals surface area contributed by atoms with Gasteiger partial charge in [-0.15, -0.1) is 0 Å². The smallest absolute Gasteiger partial charge is 0.306 e. The van der Waals surface area contributed by atoms with Gasteiger partial charge in [0.15, 0.2) is 0 Å². The Hall–Kier alpha value is -1.84. The standard InChI is InChI=1S/C28H48O4/c1-7-9-17-26(8-2)22-32-28(30)19-12-18-27(29)31-21-20-25(6)16-11-15-24(5)14-10-13-23(3)4/h13,15,20,26H,7-12,14,16-19,21-22H2,1-6H3/b24-15+,25-20+. The van der Waals surface area contributed by atoms with Crippen LogP contribution in [0.2, 0.25) is 0 Å². The van der Waals surface area contributed by atoms with E-state index in [4.69, 9.17) is 9.47 Å². The Morgan fingerprint density at radius 2 is 1.34 bits per heavy atom. The van der Waals surface area contributed by atoms with E-state index < -0.39 is 0 Å². The molecular formula is C28H48O4. The fourth-order valence-corrected chi connectivity index (χ4v) is 3.25. The number of esters is 2. The fourth-order valence-electron chi connectivity index (χ4n) is 3.25. The second kappa shape index (κ2) is 19.8. The topological polar surface area (TPSA) is 52.6 Å². The predicted molar refractivity (Wildman–Crippen MR) is 134 cm³/mol. The second-order valence-electron chi connectivity index (χ2n) is 9.10. The monoisotopic (exact) mass is 448 g/mol. The highest BCUT2D eigenvalue weighted by Gasteiger charge is 2.11. The van der Waals surface area contributed by atoms with E-state index in [-0.39, 0.29) is 24.8 Å². The molecule has 0 spiro atoms. The lowest BCUT2D eigenvalue weighted by atomic mass is 10.0. The lowest BCUT2D eigenvalue weighted by molar-refractivity contribution is -0.146. The molecule has 184 valence electrons. The summed E-state index contributed by atoms with van der Waals surface area (Å²) in [5.41, 5.74) is 4.02. The van der Waals surface area contributed by atoms with Gasteiger partial charge in [-0.3, -0.25) is 9.59 Å². The molecule has 0 rings (SSSR count). The van der Waals surface area contributed by atoms with E-state index in [1.54, 1.807) is 0 Å². The first-order valence-corrected chi connectivity index (χ1v) is 12.5. The zero-order valence-electron chi connectivity index (χ0n) is 21.6. The molecule has 4 nitrogen and oxygen atoms in total. The number of allylic oxidation sites excluding steroid dienone is 5. The second-order valence-corrected chi connectivity index (χ2v) is 9.10. The molecule has 0 heterocycles. The van der Waals surface area contributed by atoms with Crippen LogP contribution in [-0.4, -0.2) is 25.2 Å². The van der Waals surface area contributed by atoms with Gasteiger partial charge in [0.2, 0.25) is 0 Å². The third-order valence-electron chi connectivity index (χ3n) is 5.58. The minimum absolute atomic E-state index is 0.215. The first-order valence-electron chi connectivity index (χ1n) is 12.5. The zero-order valence-corrected chi connectivity index (χ0v) is 21.6. The van der Waals surface area contributed by atoms with Gasteiger partial charge in [-0.25, -0.2) is 0 Å². The average Bonchev–Trinajstić information content (AvgIpc) is 2.73. The Labute approximate surface area is 197 Å². The van der Waals surface area contributed by atoms with Crippen molar-refractivity contribution < 1.29 is 19.1 Å². The van der Waals surface area contributed by atoms with Gasteiger partial charge in [0, 0.05) is 12.8 Å². The van der Waals surface area contributed by atoms with E-state index in [0.29, 0.717) is 25.6 Å². The van der Waals surface area contributed by atoms with Crippen molar-refractivity contribution in [1.82, 2.24) is 0 Å². The van der Waals surface area contributed by atoms with Crippen molar-refractivity contribution in [3.8, 4) is 0 Å². The molecule has 0 aromatic rings. The van der Waals surface area contributed by atoms with Crippen LogP contribution in [0.5, 0.6) is 0 Å². The molecule has 0 bridgehead atoms. The van der Waals surface area contributed by atoms with E-state index in [1.807, 2.05) is 6.08 Å². The molecule has 1 atom stereocenters. The van der Waals surface area contributed by atoms with Gasteiger partial charge in [-0.2, -0.15) is 0 Å². The van der Waals surface area contributed by atoms with E-state index in [1.165, 1.54) is 23.1 Å². The number of carbonyl (C=O) groups excluding carboxylic acids is 2. The third-order valence-corrected chi connectivity index (χ3v) is 5.58. The van der Waals surface area contributed by atoms with Gasteiger partial charge in [-0.1, -0.05) is 62.0 Å². The van der Waals surface area contributed by atoms with Crippen LogP contribution in [0.4, 0.5) is 0 Å². The molecule has 4 heteroatoms. The van der Waals surface area contributed by atoms with Crippen molar-refractivity contribution >= 4 is 11.9 Å². The molecule has 0 N–H and O–H groups in total. The van der Waals surface area contributed by atoms with E-state index in [2.05, 4.69) is 53.7 Å². The van der Waals surface area contributed by atoms with Crippen molar-refractivity contribution in [2.75, 3.05) is 13.2 Å². The highest BCUT2D eigenvalue weighted by atomic mass is 16.5. The van der Waals surface area contributed by atoms with Crippen LogP contribution in [0.1, 0.15) is 112 Å².